The predicted octanol–water partition coefficient (Wildman–Crippen LogP) is 1.74. The predicted molar refractivity (Wildman–Crippen MR) is 70.4 cm³/mol. The number of amides is 1. The van der Waals surface area contributed by atoms with E-state index in [1.54, 1.807) is 12.3 Å². The van der Waals surface area contributed by atoms with Gasteiger partial charge < -0.3 is 10.4 Å². The lowest BCUT2D eigenvalue weighted by Gasteiger charge is -2.14. The molecule has 2 rings (SSSR count). The molecule has 0 saturated carbocycles. The van der Waals surface area contributed by atoms with E-state index in [9.17, 15) is 4.79 Å². The van der Waals surface area contributed by atoms with E-state index >= 15 is 0 Å². The third-order valence-electron chi connectivity index (χ3n) is 2.91. The molecule has 0 fully saturated rings. The monoisotopic (exact) mass is 244 g/mol. The van der Waals surface area contributed by atoms with Crippen molar-refractivity contribution in [2.75, 3.05) is 6.61 Å². The van der Waals surface area contributed by atoms with Crippen molar-refractivity contribution in [3.8, 4) is 0 Å². The molecule has 4 heteroatoms. The van der Waals surface area contributed by atoms with Gasteiger partial charge in [0.15, 0.2) is 0 Å². The Balaban J connectivity index is 2.22. The molecule has 1 atom stereocenters. The van der Waals surface area contributed by atoms with Crippen LogP contribution in [0.5, 0.6) is 0 Å². The fourth-order valence-electron chi connectivity index (χ4n) is 1.76. The van der Waals surface area contributed by atoms with Crippen LogP contribution in [-0.4, -0.2) is 28.6 Å². The van der Waals surface area contributed by atoms with E-state index in [0.717, 1.165) is 10.9 Å². The molecule has 0 aliphatic carbocycles. The minimum absolute atomic E-state index is 0.0443. The summed E-state index contributed by atoms with van der Waals surface area (Å²) in [4.78, 5) is 16.2. The molecule has 1 aromatic carbocycles. The number of rotatable bonds is 4. The largest absolute Gasteiger partial charge is 0.394 e. The summed E-state index contributed by atoms with van der Waals surface area (Å²) in [6, 6.07) is 8.94. The van der Waals surface area contributed by atoms with Gasteiger partial charge in [0.2, 0.25) is 0 Å². The van der Waals surface area contributed by atoms with Gasteiger partial charge in [-0.15, -0.1) is 0 Å². The van der Waals surface area contributed by atoms with Crippen LogP contribution in [0.3, 0.4) is 0 Å². The third kappa shape index (κ3) is 2.65. The number of aromatic nitrogens is 1. The molecule has 0 spiro atoms. The molecule has 2 aromatic rings. The molecule has 1 heterocycles. The molecule has 0 aliphatic rings. The summed E-state index contributed by atoms with van der Waals surface area (Å²) in [5, 5.41) is 12.8. The molecule has 0 bridgehead atoms. The SMILES string of the molecule is CC[C@@H](CO)NC(=O)c1ccc2ncccc2c1. The Bertz CT molecular complexity index is 550. The van der Waals surface area contributed by atoms with E-state index in [1.807, 2.05) is 31.2 Å². The number of pyridine rings is 1. The van der Waals surface area contributed by atoms with Crippen LogP contribution in [0.4, 0.5) is 0 Å². The maximum atomic E-state index is 12.0. The highest BCUT2D eigenvalue weighted by Crippen LogP contribution is 2.13. The van der Waals surface area contributed by atoms with E-state index in [0.29, 0.717) is 12.0 Å². The number of hydrogen-bond donors (Lipinski definition) is 2. The highest BCUT2D eigenvalue weighted by atomic mass is 16.3. The van der Waals surface area contributed by atoms with Crippen molar-refractivity contribution < 1.29 is 9.90 Å². The maximum absolute atomic E-state index is 12.0. The van der Waals surface area contributed by atoms with Gasteiger partial charge in [0, 0.05) is 17.1 Å². The number of nitrogens with one attached hydrogen (secondary N) is 1. The standard InChI is InChI=1S/C14H16N2O2/c1-2-12(9-17)16-14(18)11-5-6-13-10(8-11)4-3-7-15-13/h3-8,12,17H,2,9H2,1H3,(H,16,18)/t12-/m0/s1. The van der Waals surface area contributed by atoms with Gasteiger partial charge in [-0.2, -0.15) is 0 Å². The summed E-state index contributed by atoms with van der Waals surface area (Å²) < 4.78 is 0. The molecule has 0 aliphatic heterocycles. The molecular weight excluding hydrogens is 228 g/mol. The first kappa shape index (κ1) is 12.5. The van der Waals surface area contributed by atoms with Crippen LogP contribution in [0.1, 0.15) is 23.7 Å². The third-order valence-corrected chi connectivity index (χ3v) is 2.91. The number of nitrogens with zero attached hydrogens (tertiary/aromatic N) is 1. The molecule has 1 aromatic heterocycles. The summed E-state index contributed by atoms with van der Waals surface area (Å²) in [6.45, 7) is 1.88. The van der Waals surface area contributed by atoms with Crippen LogP contribution < -0.4 is 5.32 Å². The number of carbonyl (C=O) groups is 1. The number of aliphatic hydroxyl groups excluding tert-OH is 1. The highest BCUT2D eigenvalue weighted by Gasteiger charge is 2.11. The van der Waals surface area contributed by atoms with Crippen LogP contribution in [-0.2, 0) is 0 Å². The van der Waals surface area contributed by atoms with Crippen molar-refractivity contribution in [1.82, 2.24) is 10.3 Å². The number of carbonyl (C=O) groups excluding carboxylic acids is 1. The molecule has 2 N–H and O–H groups in total. The Kier molecular flexibility index (Phi) is 3.89. The lowest BCUT2D eigenvalue weighted by molar-refractivity contribution is 0.0915. The summed E-state index contributed by atoms with van der Waals surface area (Å²) >= 11 is 0. The fourth-order valence-corrected chi connectivity index (χ4v) is 1.76. The Morgan fingerprint density at radius 2 is 2.28 bits per heavy atom. The Hall–Kier alpha value is -1.94. The van der Waals surface area contributed by atoms with Gasteiger partial charge in [-0.05, 0) is 30.7 Å². The van der Waals surface area contributed by atoms with Gasteiger partial charge in [-0.25, -0.2) is 0 Å². The summed E-state index contributed by atoms with van der Waals surface area (Å²) in [6.07, 6.45) is 2.43. The first-order valence-electron chi connectivity index (χ1n) is 6.01. The average Bonchev–Trinajstić information content (AvgIpc) is 2.44. The zero-order valence-corrected chi connectivity index (χ0v) is 10.3. The lowest BCUT2D eigenvalue weighted by Crippen LogP contribution is -2.36. The zero-order chi connectivity index (χ0) is 13.0. The second-order valence-electron chi connectivity index (χ2n) is 4.17. The van der Waals surface area contributed by atoms with Crippen molar-refractivity contribution in [2.45, 2.75) is 19.4 Å². The van der Waals surface area contributed by atoms with Crippen LogP contribution >= 0.6 is 0 Å². The van der Waals surface area contributed by atoms with Crippen molar-refractivity contribution in [1.29, 1.82) is 0 Å². The van der Waals surface area contributed by atoms with Gasteiger partial charge in [0.25, 0.3) is 5.91 Å². The molecule has 18 heavy (non-hydrogen) atoms. The summed E-state index contributed by atoms with van der Waals surface area (Å²) in [5.74, 6) is -0.165. The maximum Gasteiger partial charge on any atom is 0.251 e. The van der Waals surface area contributed by atoms with Gasteiger partial charge in [0.05, 0.1) is 18.2 Å². The quantitative estimate of drug-likeness (QED) is 0.861. The normalized spacial score (nSPS) is 12.3. The fraction of sp³-hybridized carbons (Fsp3) is 0.286. The van der Waals surface area contributed by atoms with E-state index in [1.165, 1.54) is 0 Å². The van der Waals surface area contributed by atoms with Crippen LogP contribution in [0.2, 0.25) is 0 Å². The number of aliphatic hydroxyl groups is 1. The average molecular weight is 244 g/mol. The molecular formula is C14H16N2O2. The Morgan fingerprint density at radius 1 is 1.44 bits per heavy atom. The van der Waals surface area contributed by atoms with Crippen molar-refractivity contribution >= 4 is 16.8 Å². The Labute approximate surface area is 106 Å². The van der Waals surface area contributed by atoms with Gasteiger partial charge in [0.1, 0.15) is 0 Å². The second-order valence-corrected chi connectivity index (χ2v) is 4.17. The zero-order valence-electron chi connectivity index (χ0n) is 10.3. The molecule has 94 valence electrons. The smallest absolute Gasteiger partial charge is 0.251 e. The van der Waals surface area contributed by atoms with Crippen molar-refractivity contribution in [2.24, 2.45) is 0 Å². The first-order valence-corrected chi connectivity index (χ1v) is 6.01. The van der Waals surface area contributed by atoms with Crippen LogP contribution in [0.15, 0.2) is 36.5 Å². The van der Waals surface area contributed by atoms with E-state index in [4.69, 9.17) is 5.11 Å². The van der Waals surface area contributed by atoms with Gasteiger partial charge in [-0.3, -0.25) is 9.78 Å². The second kappa shape index (κ2) is 5.60. The first-order chi connectivity index (χ1) is 8.74. The van der Waals surface area contributed by atoms with Crippen LogP contribution in [0, 0.1) is 0 Å². The Morgan fingerprint density at radius 3 is 3.00 bits per heavy atom. The molecule has 0 radical (unpaired) electrons. The van der Waals surface area contributed by atoms with E-state index in [-0.39, 0.29) is 18.6 Å². The van der Waals surface area contributed by atoms with E-state index < -0.39 is 0 Å². The van der Waals surface area contributed by atoms with Crippen molar-refractivity contribution in [3.05, 3.63) is 42.1 Å². The van der Waals surface area contributed by atoms with Crippen LogP contribution in [0.25, 0.3) is 10.9 Å². The topological polar surface area (TPSA) is 62.2 Å². The minimum atomic E-state index is -0.193. The molecule has 0 saturated heterocycles. The number of hydrogen-bond acceptors (Lipinski definition) is 3. The van der Waals surface area contributed by atoms with Gasteiger partial charge in [-0.1, -0.05) is 13.0 Å². The summed E-state index contributed by atoms with van der Waals surface area (Å²) in [5.41, 5.74) is 1.45. The van der Waals surface area contributed by atoms with Crippen molar-refractivity contribution in [3.63, 3.8) is 0 Å². The van der Waals surface area contributed by atoms with Gasteiger partial charge >= 0.3 is 0 Å². The molecule has 0 unspecified atom stereocenters. The van der Waals surface area contributed by atoms with E-state index in [2.05, 4.69) is 10.3 Å². The highest BCUT2D eigenvalue weighted by molar-refractivity contribution is 5.98. The lowest BCUT2D eigenvalue weighted by atomic mass is 10.1. The minimum Gasteiger partial charge on any atom is -0.394 e. The molecule has 1 amide bonds. The molecule has 4 nitrogen and oxygen atoms in total. The number of fused-ring (bicyclic) bond motifs is 1. The summed E-state index contributed by atoms with van der Waals surface area (Å²) in [7, 11) is 0. The number of benzene rings is 1.